The zero-order chi connectivity index (χ0) is 9.50. The number of rotatable bonds is 1. The van der Waals surface area contributed by atoms with E-state index in [0.717, 1.165) is 0 Å². The Morgan fingerprint density at radius 3 is 1.00 bits per heavy atom. The van der Waals surface area contributed by atoms with E-state index >= 15 is 0 Å². The van der Waals surface area contributed by atoms with Crippen molar-refractivity contribution in [1.29, 1.82) is 0 Å². The standard InChI is InChI=1S/C3Cl5F3/c4-2(5,6)1(9,10)3(7,8)11. The topological polar surface area (TPSA) is 0 Å². The Kier molecular flexibility index (Phi) is 3.54. The van der Waals surface area contributed by atoms with Gasteiger partial charge in [-0.2, -0.15) is 8.78 Å². The molecule has 8 heteroatoms. The molecule has 0 bridgehead atoms. The van der Waals surface area contributed by atoms with Gasteiger partial charge in [-0.05, 0) is 0 Å². The van der Waals surface area contributed by atoms with Crippen LogP contribution in [-0.4, -0.2) is 14.3 Å². The summed E-state index contributed by atoms with van der Waals surface area (Å²) in [6, 6.07) is 0. The zero-order valence-electron chi connectivity index (χ0n) is 4.52. The molecule has 0 heterocycles. The molecule has 0 rings (SSSR count). The maximum Gasteiger partial charge on any atom is 0.355 e. The van der Waals surface area contributed by atoms with Gasteiger partial charge in [0.15, 0.2) is 0 Å². The van der Waals surface area contributed by atoms with Crippen LogP contribution in [0.25, 0.3) is 0 Å². The number of hydrogen-bond acceptors (Lipinski definition) is 0. The number of hydrogen-bond donors (Lipinski definition) is 0. The molecule has 0 aromatic rings. The van der Waals surface area contributed by atoms with Gasteiger partial charge in [-0.3, -0.25) is 0 Å². The highest BCUT2D eigenvalue weighted by molar-refractivity contribution is 6.69. The zero-order valence-corrected chi connectivity index (χ0v) is 8.30. The van der Waals surface area contributed by atoms with Gasteiger partial charge in [-0.25, -0.2) is 4.39 Å². The van der Waals surface area contributed by atoms with E-state index in [1.54, 1.807) is 0 Å². The van der Waals surface area contributed by atoms with Crippen molar-refractivity contribution >= 4 is 58.0 Å². The van der Waals surface area contributed by atoms with E-state index in [2.05, 4.69) is 58.0 Å². The van der Waals surface area contributed by atoms with Gasteiger partial charge < -0.3 is 0 Å². The van der Waals surface area contributed by atoms with Gasteiger partial charge in [0.05, 0.1) is 0 Å². The molecule has 11 heavy (non-hydrogen) atoms. The summed E-state index contributed by atoms with van der Waals surface area (Å²) in [6.45, 7) is 0. The monoisotopic (exact) mass is 268 g/mol. The van der Waals surface area contributed by atoms with Crippen LogP contribution < -0.4 is 0 Å². The quantitative estimate of drug-likeness (QED) is 0.629. The molecule has 0 aliphatic heterocycles. The SMILES string of the molecule is FC(Cl)(Cl)C(F)(F)C(Cl)(Cl)Cl. The third-order valence-corrected chi connectivity index (χ3v) is 1.90. The van der Waals surface area contributed by atoms with E-state index in [4.69, 9.17) is 0 Å². The van der Waals surface area contributed by atoms with Crippen molar-refractivity contribution in [3.63, 3.8) is 0 Å². The molecule has 0 saturated carbocycles. The first-order chi connectivity index (χ1) is 4.50. The van der Waals surface area contributed by atoms with Gasteiger partial charge in [0.25, 0.3) is 3.79 Å². The molecule has 0 aromatic carbocycles. The van der Waals surface area contributed by atoms with Crippen LogP contribution in [0.2, 0.25) is 0 Å². The maximum atomic E-state index is 12.4. The summed E-state index contributed by atoms with van der Waals surface area (Å²) in [5, 5.41) is 0. The molecule has 0 atom stereocenters. The fourth-order valence-electron chi connectivity index (χ4n) is 0.161. The summed E-state index contributed by atoms with van der Waals surface area (Å²) in [6.07, 6.45) is 0. The van der Waals surface area contributed by atoms with Gasteiger partial charge in [0, 0.05) is 0 Å². The predicted octanol–water partition coefficient (Wildman–Crippen LogP) is 4.09. The molecule has 0 radical (unpaired) electrons. The summed E-state index contributed by atoms with van der Waals surface area (Å²) in [5.41, 5.74) is 0. The smallest absolute Gasteiger partial charge is 0.201 e. The Morgan fingerprint density at radius 1 is 0.727 bits per heavy atom. The first-order valence-corrected chi connectivity index (χ1v) is 3.90. The molecule has 0 aromatic heterocycles. The highest BCUT2D eigenvalue weighted by atomic mass is 35.6. The van der Waals surface area contributed by atoms with Crippen molar-refractivity contribution in [2.24, 2.45) is 0 Å². The fourth-order valence-corrected chi connectivity index (χ4v) is 1.12. The Hall–Kier alpha value is 1.24. The van der Waals surface area contributed by atoms with Crippen LogP contribution in [-0.2, 0) is 0 Å². The average molecular weight is 270 g/mol. The normalized spacial score (nSPS) is 15.3. The van der Waals surface area contributed by atoms with Gasteiger partial charge in [-0.15, -0.1) is 0 Å². The van der Waals surface area contributed by atoms with Crippen molar-refractivity contribution in [3.05, 3.63) is 0 Å². The minimum Gasteiger partial charge on any atom is -0.201 e. The van der Waals surface area contributed by atoms with Crippen LogP contribution >= 0.6 is 58.0 Å². The van der Waals surface area contributed by atoms with E-state index in [0.29, 0.717) is 0 Å². The summed E-state index contributed by atoms with van der Waals surface area (Å²) in [7, 11) is 0. The Balaban J connectivity index is 4.75. The minimum atomic E-state index is -4.46. The van der Waals surface area contributed by atoms with Crippen molar-refractivity contribution in [2.45, 2.75) is 14.3 Å². The molecule has 0 N–H and O–H groups in total. The lowest BCUT2D eigenvalue weighted by Gasteiger charge is -2.28. The highest BCUT2D eigenvalue weighted by Crippen LogP contribution is 2.53. The molecule has 0 aliphatic carbocycles. The second-order valence-corrected chi connectivity index (χ2v) is 5.09. The first kappa shape index (κ1) is 12.2. The Morgan fingerprint density at radius 2 is 1.00 bits per heavy atom. The van der Waals surface area contributed by atoms with Crippen molar-refractivity contribution in [2.75, 3.05) is 0 Å². The third kappa shape index (κ3) is 2.59. The largest absolute Gasteiger partial charge is 0.355 e. The predicted molar refractivity (Wildman–Crippen MR) is 40.8 cm³/mol. The van der Waals surface area contributed by atoms with Crippen LogP contribution in [0.3, 0.4) is 0 Å². The number of halogens is 8. The average Bonchev–Trinajstić information content (AvgIpc) is 1.58. The van der Waals surface area contributed by atoms with Crippen LogP contribution in [0.4, 0.5) is 13.2 Å². The first-order valence-electron chi connectivity index (χ1n) is 2.01. The Labute approximate surface area is 85.5 Å². The molecular formula is C3Cl5F3. The molecular weight excluding hydrogens is 270 g/mol. The summed E-state index contributed by atoms with van der Waals surface area (Å²) in [5.74, 6) is -4.46. The van der Waals surface area contributed by atoms with E-state index in [1.165, 1.54) is 0 Å². The van der Waals surface area contributed by atoms with Crippen LogP contribution in [0, 0.1) is 0 Å². The van der Waals surface area contributed by atoms with E-state index in [9.17, 15) is 13.2 Å². The summed E-state index contributed by atoms with van der Waals surface area (Å²) >= 11 is 22.9. The molecule has 68 valence electrons. The van der Waals surface area contributed by atoms with E-state index in [-0.39, 0.29) is 0 Å². The molecule has 0 nitrogen and oxygen atoms in total. The number of alkyl halides is 8. The molecule has 0 unspecified atom stereocenters. The van der Waals surface area contributed by atoms with Crippen LogP contribution in [0.15, 0.2) is 0 Å². The molecule has 0 amide bonds. The lowest BCUT2D eigenvalue weighted by Crippen LogP contribution is -2.46. The lowest BCUT2D eigenvalue weighted by molar-refractivity contribution is -0.0546. The summed E-state index contributed by atoms with van der Waals surface area (Å²) in [4.78, 5) is 0. The van der Waals surface area contributed by atoms with Crippen molar-refractivity contribution in [3.8, 4) is 0 Å². The maximum absolute atomic E-state index is 12.4. The molecule has 0 fully saturated rings. The second kappa shape index (κ2) is 3.18. The van der Waals surface area contributed by atoms with Gasteiger partial charge in [-0.1, -0.05) is 58.0 Å². The molecule has 0 aliphatic rings. The fraction of sp³-hybridized carbons (Fsp3) is 1.00. The molecule has 0 saturated heterocycles. The van der Waals surface area contributed by atoms with E-state index in [1.807, 2.05) is 0 Å². The highest BCUT2D eigenvalue weighted by Gasteiger charge is 2.65. The summed E-state index contributed by atoms with van der Waals surface area (Å²) < 4.78 is 29.9. The lowest BCUT2D eigenvalue weighted by atomic mass is 10.4. The van der Waals surface area contributed by atoms with Crippen molar-refractivity contribution < 1.29 is 13.2 Å². The molecule has 0 spiro atoms. The van der Waals surface area contributed by atoms with Crippen LogP contribution in [0.1, 0.15) is 0 Å². The van der Waals surface area contributed by atoms with E-state index < -0.39 is 14.3 Å². The van der Waals surface area contributed by atoms with Crippen LogP contribution in [0.5, 0.6) is 0 Å². The van der Waals surface area contributed by atoms with Gasteiger partial charge in [0.1, 0.15) is 0 Å². The Bertz CT molecular complexity index is 128. The van der Waals surface area contributed by atoms with Crippen molar-refractivity contribution in [1.82, 2.24) is 0 Å². The van der Waals surface area contributed by atoms with Gasteiger partial charge >= 0.3 is 10.5 Å². The third-order valence-electron chi connectivity index (χ3n) is 0.712. The van der Waals surface area contributed by atoms with Gasteiger partial charge in [0.2, 0.25) is 0 Å². The minimum absolute atomic E-state index is 3.18. The second-order valence-electron chi connectivity index (χ2n) is 1.57.